The first-order chi connectivity index (χ1) is 15.1. The number of ketones is 1. The van der Waals surface area contributed by atoms with Crippen LogP contribution in [0.5, 0.6) is 5.75 Å². The lowest BCUT2D eigenvalue weighted by molar-refractivity contribution is -0.140. The smallest absolute Gasteiger partial charge is 0.264 e. The Morgan fingerprint density at radius 2 is 1.65 bits per heavy atom. The number of hydrogen-bond donors (Lipinski definition) is 1. The second kappa shape index (κ2) is 7.67. The molecule has 0 saturated carbocycles. The quantitative estimate of drug-likeness (QED) is 0.692. The highest BCUT2D eigenvalue weighted by molar-refractivity contribution is 6.12. The van der Waals surface area contributed by atoms with Gasteiger partial charge in [0.15, 0.2) is 11.4 Å². The first-order valence-electron chi connectivity index (χ1n) is 10.5. The monoisotopic (exact) mass is 413 g/mol. The fraction of sp³-hybridized carbons (Fsp3) is 0.231. The number of benzene rings is 3. The number of Topliss-reactive ketones (excluding diaryl/α,β-unsaturated/α-hetero) is 1. The minimum atomic E-state index is -1.87. The number of ether oxygens (including phenoxy) is 1. The second-order valence-corrected chi connectivity index (χ2v) is 8.01. The summed E-state index contributed by atoms with van der Waals surface area (Å²) in [5.74, 6) is -0.717. The molecule has 1 N–H and O–H groups in total. The predicted octanol–water partition coefficient (Wildman–Crippen LogP) is 3.75. The highest BCUT2D eigenvalue weighted by Crippen LogP contribution is 2.48. The van der Waals surface area contributed by atoms with Crippen molar-refractivity contribution in [1.82, 2.24) is 0 Å². The molecule has 0 saturated heterocycles. The first kappa shape index (κ1) is 19.5. The molecule has 5 heteroatoms. The molecule has 2 aliphatic rings. The molecule has 1 amide bonds. The Balaban J connectivity index is 1.44. The fourth-order valence-corrected chi connectivity index (χ4v) is 4.79. The zero-order valence-corrected chi connectivity index (χ0v) is 17.0. The normalized spacial score (nSPS) is 22.2. The van der Waals surface area contributed by atoms with Crippen LogP contribution in [0.1, 0.15) is 27.9 Å². The summed E-state index contributed by atoms with van der Waals surface area (Å²) >= 11 is 0. The fourth-order valence-electron chi connectivity index (χ4n) is 4.79. The Bertz CT molecular complexity index is 1140. The van der Waals surface area contributed by atoms with Gasteiger partial charge < -0.3 is 14.7 Å². The Kier molecular flexibility index (Phi) is 4.83. The van der Waals surface area contributed by atoms with Crippen molar-refractivity contribution in [2.45, 2.75) is 18.4 Å². The van der Waals surface area contributed by atoms with Crippen molar-refractivity contribution in [3.05, 3.63) is 95.6 Å². The minimum absolute atomic E-state index is 0.171. The summed E-state index contributed by atoms with van der Waals surface area (Å²) in [5.41, 5.74) is 0.840. The topological polar surface area (TPSA) is 66.8 Å². The van der Waals surface area contributed by atoms with Gasteiger partial charge in [0.1, 0.15) is 12.4 Å². The number of carbonyl (C=O) groups is 2. The maximum Gasteiger partial charge on any atom is 0.264 e. The van der Waals surface area contributed by atoms with Crippen molar-refractivity contribution in [3.63, 3.8) is 0 Å². The van der Waals surface area contributed by atoms with E-state index in [1.54, 1.807) is 23.1 Å². The van der Waals surface area contributed by atoms with Crippen LogP contribution in [0.4, 0.5) is 5.69 Å². The number of nitrogens with zero attached hydrogens (tertiary/aromatic N) is 1. The Morgan fingerprint density at radius 3 is 2.48 bits per heavy atom. The van der Waals surface area contributed by atoms with E-state index in [9.17, 15) is 14.7 Å². The Hall–Kier alpha value is -3.44. The summed E-state index contributed by atoms with van der Waals surface area (Å²) in [4.78, 5) is 28.4. The number of para-hydroxylation sites is 2. The van der Waals surface area contributed by atoms with Crippen LogP contribution < -0.4 is 9.64 Å². The van der Waals surface area contributed by atoms with E-state index < -0.39 is 17.4 Å². The lowest BCUT2D eigenvalue weighted by atomic mass is 9.71. The van der Waals surface area contributed by atoms with Crippen molar-refractivity contribution in [3.8, 4) is 5.75 Å². The van der Waals surface area contributed by atoms with E-state index >= 15 is 0 Å². The summed E-state index contributed by atoms with van der Waals surface area (Å²) in [6.07, 6.45) is 1.09. The van der Waals surface area contributed by atoms with Gasteiger partial charge in [0.25, 0.3) is 5.91 Å². The maximum absolute atomic E-state index is 13.6. The molecule has 1 heterocycles. The number of aryl methyl sites for hydroxylation is 1. The minimum Gasteiger partial charge on any atom is -0.492 e. The van der Waals surface area contributed by atoms with Crippen molar-refractivity contribution >= 4 is 17.4 Å². The zero-order chi connectivity index (χ0) is 21.4. The molecule has 0 aromatic heterocycles. The number of aliphatic hydroxyl groups is 1. The largest absolute Gasteiger partial charge is 0.492 e. The summed E-state index contributed by atoms with van der Waals surface area (Å²) in [6.45, 7) is 0.562. The van der Waals surface area contributed by atoms with Gasteiger partial charge in [-0.2, -0.15) is 0 Å². The molecule has 0 fully saturated rings. The van der Waals surface area contributed by atoms with Crippen LogP contribution >= 0.6 is 0 Å². The van der Waals surface area contributed by atoms with E-state index in [0.29, 0.717) is 29.7 Å². The van der Waals surface area contributed by atoms with Gasteiger partial charge in [-0.25, -0.2) is 0 Å². The van der Waals surface area contributed by atoms with E-state index in [-0.39, 0.29) is 18.9 Å². The molecule has 31 heavy (non-hydrogen) atoms. The molecule has 5 nitrogen and oxygen atoms in total. The first-order valence-corrected chi connectivity index (χ1v) is 10.5. The van der Waals surface area contributed by atoms with E-state index in [4.69, 9.17) is 4.74 Å². The lowest BCUT2D eigenvalue weighted by Crippen LogP contribution is -2.50. The summed E-state index contributed by atoms with van der Waals surface area (Å²) in [7, 11) is 0. The standard InChI is InChI=1S/C26H23NO4/c28-24-20-11-5-4-8-18(20)14-15-22(24)26(30)21-12-6-7-13-23(21)27(25(26)29)16-17-31-19-9-2-1-3-10-19/h1-13,22,30H,14-17H2/t22-,26-/m0/s1. The third kappa shape index (κ3) is 3.13. The number of fused-ring (bicyclic) bond motifs is 2. The third-order valence-electron chi connectivity index (χ3n) is 6.31. The van der Waals surface area contributed by atoms with Gasteiger partial charge in [-0.1, -0.05) is 60.7 Å². The molecule has 1 aliphatic heterocycles. The Morgan fingerprint density at radius 1 is 0.935 bits per heavy atom. The van der Waals surface area contributed by atoms with E-state index in [2.05, 4.69) is 0 Å². The SMILES string of the molecule is O=C1c2ccccc2CC[C@@H]1[C@]1(O)C(=O)N(CCOc2ccccc2)c2ccccc21. The highest BCUT2D eigenvalue weighted by atomic mass is 16.5. The van der Waals surface area contributed by atoms with E-state index in [1.165, 1.54) is 0 Å². The van der Waals surface area contributed by atoms with E-state index in [1.807, 2.05) is 60.7 Å². The summed E-state index contributed by atoms with van der Waals surface area (Å²) < 4.78 is 5.77. The van der Waals surface area contributed by atoms with Crippen molar-refractivity contribution in [2.24, 2.45) is 5.92 Å². The molecular weight excluding hydrogens is 390 g/mol. The van der Waals surface area contributed by atoms with Gasteiger partial charge >= 0.3 is 0 Å². The average molecular weight is 413 g/mol. The maximum atomic E-state index is 13.6. The van der Waals surface area contributed by atoms with Gasteiger partial charge in [-0.05, 0) is 36.6 Å². The van der Waals surface area contributed by atoms with Crippen molar-refractivity contribution in [2.75, 3.05) is 18.1 Å². The summed E-state index contributed by atoms with van der Waals surface area (Å²) in [6, 6.07) is 24.0. The summed E-state index contributed by atoms with van der Waals surface area (Å²) in [5, 5.41) is 11.8. The lowest BCUT2D eigenvalue weighted by Gasteiger charge is -2.34. The average Bonchev–Trinajstić information content (AvgIpc) is 3.03. The number of anilines is 1. The van der Waals surface area contributed by atoms with Crippen LogP contribution in [0.15, 0.2) is 78.9 Å². The van der Waals surface area contributed by atoms with Gasteiger partial charge in [0, 0.05) is 11.1 Å². The number of rotatable bonds is 5. The number of amides is 1. The van der Waals surface area contributed by atoms with Crippen molar-refractivity contribution in [1.29, 1.82) is 0 Å². The predicted molar refractivity (Wildman–Crippen MR) is 117 cm³/mol. The molecule has 0 radical (unpaired) electrons. The highest BCUT2D eigenvalue weighted by Gasteiger charge is 2.57. The van der Waals surface area contributed by atoms with Crippen molar-refractivity contribution < 1.29 is 19.4 Å². The molecule has 2 atom stereocenters. The van der Waals surface area contributed by atoms with Gasteiger partial charge in [0.05, 0.1) is 18.2 Å². The molecule has 0 spiro atoms. The van der Waals surface area contributed by atoms with Crippen LogP contribution in [0.25, 0.3) is 0 Å². The molecule has 0 bridgehead atoms. The van der Waals surface area contributed by atoms with Gasteiger partial charge in [-0.3, -0.25) is 9.59 Å². The van der Waals surface area contributed by atoms with Gasteiger partial charge in [-0.15, -0.1) is 0 Å². The number of carbonyl (C=O) groups excluding carboxylic acids is 2. The van der Waals surface area contributed by atoms with Crippen LogP contribution in [-0.2, 0) is 16.8 Å². The van der Waals surface area contributed by atoms with Crippen LogP contribution in [0.2, 0.25) is 0 Å². The van der Waals surface area contributed by atoms with Gasteiger partial charge in [0.2, 0.25) is 0 Å². The molecule has 0 unspecified atom stereocenters. The number of hydrogen-bond acceptors (Lipinski definition) is 4. The molecule has 5 rings (SSSR count). The van der Waals surface area contributed by atoms with E-state index in [0.717, 1.165) is 11.3 Å². The second-order valence-electron chi connectivity index (χ2n) is 8.01. The zero-order valence-electron chi connectivity index (χ0n) is 17.0. The third-order valence-corrected chi connectivity index (χ3v) is 6.31. The Labute approximate surface area is 180 Å². The molecule has 3 aromatic carbocycles. The van der Waals surface area contributed by atoms with Crippen LogP contribution in [-0.4, -0.2) is 29.9 Å². The van der Waals surface area contributed by atoms with Crippen LogP contribution in [0.3, 0.4) is 0 Å². The molecule has 3 aromatic rings. The molecular formula is C26H23NO4. The molecule has 156 valence electrons. The van der Waals surface area contributed by atoms with Crippen LogP contribution in [0, 0.1) is 5.92 Å². The molecule has 1 aliphatic carbocycles.